The first kappa shape index (κ1) is 30.5. The molecule has 0 spiro atoms. The van der Waals surface area contributed by atoms with Crippen LogP contribution in [0.25, 0.3) is 0 Å². The molecule has 0 aromatic rings. The standard InChI is InChI=1S/C24H50N4O4/c1-23(2,3)31-21(29)27-19-13-17-25-15-11-9-7-8-10-12-16-26-18-14-20-28-22(30)32-24(4,5)6/h25-26H,7-20H2,1-6H3,(H,27,29)(H,28,30). The minimum Gasteiger partial charge on any atom is -0.444 e. The van der Waals surface area contributed by atoms with E-state index >= 15 is 0 Å². The molecule has 2 amide bonds. The Morgan fingerprint density at radius 2 is 0.812 bits per heavy atom. The molecule has 0 saturated heterocycles. The van der Waals surface area contributed by atoms with E-state index in [-0.39, 0.29) is 12.2 Å². The molecule has 0 aliphatic carbocycles. The topological polar surface area (TPSA) is 101 Å². The second-order valence-corrected chi connectivity index (χ2v) is 10.2. The first-order valence-corrected chi connectivity index (χ1v) is 12.3. The van der Waals surface area contributed by atoms with Crippen LogP contribution in [0, 0.1) is 0 Å². The summed E-state index contributed by atoms with van der Waals surface area (Å²) in [5.41, 5.74) is -0.887. The van der Waals surface area contributed by atoms with Crippen molar-refractivity contribution in [2.75, 3.05) is 39.3 Å². The Labute approximate surface area is 196 Å². The lowest BCUT2D eigenvalue weighted by molar-refractivity contribution is 0.0515. The number of ether oxygens (including phenoxy) is 2. The molecule has 32 heavy (non-hydrogen) atoms. The molecule has 0 radical (unpaired) electrons. The normalized spacial score (nSPS) is 11.8. The van der Waals surface area contributed by atoms with Gasteiger partial charge < -0.3 is 30.7 Å². The Bertz CT molecular complexity index is 443. The van der Waals surface area contributed by atoms with Gasteiger partial charge in [0.2, 0.25) is 0 Å². The zero-order valence-electron chi connectivity index (χ0n) is 21.5. The molecule has 4 N–H and O–H groups in total. The highest BCUT2D eigenvalue weighted by atomic mass is 16.6. The average Bonchev–Trinajstić information content (AvgIpc) is 2.64. The maximum Gasteiger partial charge on any atom is 0.407 e. The maximum absolute atomic E-state index is 11.5. The summed E-state index contributed by atoms with van der Waals surface area (Å²) >= 11 is 0. The predicted molar refractivity (Wildman–Crippen MR) is 131 cm³/mol. The first-order chi connectivity index (χ1) is 15.0. The van der Waals surface area contributed by atoms with Crippen molar-refractivity contribution in [3.8, 4) is 0 Å². The van der Waals surface area contributed by atoms with Crippen LogP contribution >= 0.6 is 0 Å². The number of amides is 2. The summed E-state index contributed by atoms with van der Waals surface area (Å²) < 4.78 is 10.4. The van der Waals surface area contributed by atoms with E-state index in [0.717, 1.165) is 39.0 Å². The molecule has 0 fully saturated rings. The molecule has 0 bridgehead atoms. The third-order valence-corrected chi connectivity index (χ3v) is 4.35. The fourth-order valence-electron chi connectivity index (χ4n) is 2.89. The van der Waals surface area contributed by atoms with E-state index in [0.29, 0.717) is 13.1 Å². The highest BCUT2D eigenvalue weighted by molar-refractivity contribution is 5.67. The summed E-state index contributed by atoms with van der Waals surface area (Å²) in [6.45, 7) is 16.3. The van der Waals surface area contributed by atoms with Crippen LogP contribution in [0.1, 0.15) is 92.9 Å². The van der Waals surface area contributed by atoms with Crippen LogP contribution in [0.5, 0.6) is 0 Å². The van der Waals surface area contributed by atoms with Crippen LogP contribution in [0.2, 0.25) is 0 Å². The summed E-state index contributed by atoms with van der Waals surface area (Å²) in [5.74, 6) is 0. The fraction of sp³-hybridized carbons (Fsp3) is 0.917. The van der Waals surface area contributed by atoms with Gasteiger partial charge in [0, 0.05) is 13.1 Å². The molecule has 0 aromatic carbocycles. The maximum atomic E-state index is 11.5. The van der Waals surface area contributed by atoms with Gasteiger partial charge in [-0.05, 0) is 93.4 Å². The Morgan fingerprint density at radius 1 is 0.500 bits per heavy atom. The van der Waals surface area contributed by atoms with Crippen LogP contribution in [0.3, 0.4) is 0 Å². The number of carbonyl (C=O) groups is 2. The number of hydrogen-bond acceptors (Lipinski definition) is 6. The average molecular weight is 459 g/mol. The molecule has 8 nitrogen and oxygen atoms in total. The minimum atomic E-state index is -0.443. The van der Waals surface area contributed by atoms with Gasteiger partial charge in [-0.25, -0.2) is 9.59 Å². The van der Waals surface area contributed by atoms with E-state index in [1.807, 2.05) is 41.5 Å². The highest BCUT2D eigenvalue weighted by Gasteiger charge is 2.16. The lowest BCUT2D eigenvalue weighted by Crippen LogP contribution is -2.34. The van der Waals surface area contributed by atoms with Gasteiger partial charge in [-0.2, -0.15) is 0 Å². The van der Waals surface area contributed by atoms with Gasteiger partial charge in [-0.1, -0.05) is 25.7 Å². The minimum absolute atomic E-state index is 0.345. The molecule has 0 atom stereocenters. The van der Waals surface area contributed by atoms with Crippen LogP contribution in [0.15, 0.2) is 0 Å². The lowest BCUT2D eigenvalue weighted by atomic mass is 10.1. The van der Waals surface area contributed by atoms with Crippen molar-refractivity contribution in [3.63, 3.8) is 0 Å². The molecular weight excluding hydrogens is 408 g/mol. The van der Waals surface area contributed by atoms with Gasteiger partial charge in [0.1, 0.15) is 11.2 Å². The molecule has 0 rings (SSSR count). The van der Waals surface area contributed by atoms with Crippen molar-refractivity contribution >= 4 is 12.2 Å². The van der Waals surface area contributed by atoms with Crippen LogP contribution < -0.4 is 21.3 Å². The summed E-state index contributed by atoms with van der Waals surface area (Å²) in [6.07, 6.45) is 8.59. The van der Waals surface area contributed by atoms with Crippen molar-refractivity contribution < 1.29 is 19.1 Å². The summed E-state index contributed by atoms with van der Waals surface area (Å²) in [6, 6.07) is 0. The zero-order valence-corrected chi connectivity index (χ0v) is 21.5. The molecule has 0 heterocycles. The smallest absolute Gasteiger partial charge is 0.407 e. The summed E-state index contributed by atoms with van der Waals surface area (Å²) in [4.78, 5) is 23.0. The molecule has 0 aromatic heterocycles. The molecular formula is C24H50N4O4. The van der Waals surface area contributed by atoms with E-state index in [1.54, 1.807) is 0 Å². The molecule has 0 saturated carbocycles. The second kappa shape index (κ2) is 18.0. The number of alkyl carbamates (subject to hydrolysis) is 2. The molecule has 0 unspecified atom stereocenters. The van der Waals surface area contributed by atoms with E-state index < -0.39 is 11.2 Å². The number of rotatable bonds is 17. The van der Waals surface area contributed by atoms with Gasteiger partial charge >= 0.3 is 12.2 Å². The molecule has 0 aliphatic heterocycles. The summed E-state index contributed by atoms with van der Waals surface area (Å²) in [5, 5.41) is 12.4. The van der Waals surface area contributed by atoms with E-state index in [1.165, 1.54) is 38.5 Å². The first-order valence-electron chi connectivity index (χ1n) is 12.3. The SMILES string of the molecule is CC(C)(C)OC(=O)NCCCNCCCCCCCCNCCCNC(=O)OC(C)(C)C. The lowest BCUT2D eigenvalue weighted by Gasteiger charge is -2.19. The van der Waals surface area contributed by atoms with Crippen molar-refractivity contribution in [1.82, 2.24) is 21.3 Å². The van der Waals surface area contributed by atoms with Crippen LogP contribution in [-0.4, -0.2) is 62.7 Å². The Kier molecular flexibility index (Phi) is 17.1. The van der Waals surface area contributed by atoms with Crippen molar-refractivity contribution in [1.29, 1.82) is 0 Å². The van der Waals surface area contributed by atoms with Crippen molar-refractivity contribution in [2.45, 2.75) is 104 Å². The van der Waals surface area contributed by atoms with Gasteiger partial charge in [0.05, 0.1) is 0 Å². The highest BCUT2D eigenvalue weighted by Crippen LogP contribution is 2.07. The van der Waals surface area contributed by atoms with Gasteiger partial charge in [0.25, 0.3) is 0 Å². The number of hydrogen-bond donors (Lipinski definition) is 4. The molecule has 190 valence electrons. The number of nitrogens with one attached hydrogen (secondary N) is 4. The third kappa shape index (κ3) is 24.7. The Hall–Kier alpha value is -1.54. The van der Waals surface area contributed by atoms with Gasteiger partial charge in [-0.15, -0.1) is 0 Å². The summed E-state index contributed by atoms with van der Waals surface area (Å²) in [7, 11) is 0. The van der Waals surface area contributed by atoms with E-state index in [9.17, 15) is 9.59 Å². The quantitative estimate of drug-likeness (QED) is 0.242. The Morgan fingerprint density at radius 3 is 1.16 bits per heavy atom. The fourth-order valence-corrected chi connectivity index (χ4v) is 2.89. The zero-order chi connectivity index (χ0) is 24.3. The molecule has 8 heteroatoms. The van der Waals surface area contributed by atoms with Crippen LogP contribution in [0.4, 0.5) is 9.59 Å². The van der Waals surface area contributed by atoms with E-state index in [2.05, 4.69) is 21.3 Å². The third-order valence-electron chi connectivity index (χ3n) is 4.35. The second-order valence-electron chi connectivity index (χ2n) is 10.2. The predicted octanol–water partition coefficient (Wildman–Crippen LogP) is 4.34. The van der Waals surface area contributed by atoms with Gasteiger partial charge in [-0.3, -0.25) is 0 Å². The number of carbonyl (C=O) groups excluding carboxylic acids is 2. The van der Waals surface area contributed by atoms with Crippen molar-refractivity contribution in [2.24, 2.45) is 0 Å². The Balaban J connectivity index is 3.23. The van der Waals surface area contributed by atoms with Crippen molar-refractivity contribution in [3.05, 3.63) is 0 Å². The van der Waals surface area contributed by atoms with Gasteiger partial charge in [0.15, 0.2) is 0 Å². The molecule has 0 aliphatic rings. The van der Waals surface area contributed by atoms with E-state index in [4.69, 9.17) is 9.47 Å². The van der Waals surface area contributed by atoms with Crippen LogP contribution in [-0.2, 0) is 9.47 Å². The largest absolute Gasteiger partial charge is 0.444 e. The monoisotopic (exact) mass is 458 g/mol. The number of unbranched alkanes of at least 4 members (excludes halogenated alkanes) is 5.